The summed E-state index contributed by atoms with van der Waals surface area (Å²) in [4.78, 5) is 11.6. The number of carbonyl (C=O) groups is 1. The van der Waals surface area contributed by atoms with Crippen molar-refractivity contribution in [1.29, 1.82) is 0 Å². The van der Waals surface area contributed by atoms with Crippen LogP contribution in [-0.4, -0.2) is 34.7 Å². The zero-order valence-electron chi connectivity index (χ0n) is 11.1. The molecule has 1 aromatic carbocycles. The second-order valence-corrected chi connectivity index (χ2v) is 5.65. The second kappa shape index (κ2) is 7.20. The number of benzene rings is 1. The lowest BCUT2D eigenvalue weighted by atomic mass is 10.1. The quantitative estimate of drug-likeness (QED) is 0.711. The number of sulfonamides is 1. The Morgan fingerprint density at radius 1 is 1.45 bits per heavy atom. The van der Waals surface area contributed by atoms with E-state index in [1.807, 2.05) is 0 Å². The van der Waals surface area contributed by atoms with Gasteiger partial charge < -0.3 is 10.1 Å². The smallest absolute Gasteiger partial charge is 0.238 e. The monoisotopic (exact) mass is 304 g/mol. The Labute approximate surface area is 117 Å². The van der Waals surface area contributed by atoms with Gasteiger partial charge in [0.2, 0.25) is 15.9 Å². The van der Waals surface area contributed by atoms with Gasteiger partial charge in [-0.15, -0.1) is 0 Å². The molecule has 6 nitrogen and oxygen atoms in total. The molecule has 0 saturated carbocycles. The van der Waals surface area contributed by atoms with Crippen molar-refractivity contribution in [3.63, 3.8) is 0 Å². The molecule has 0 aromatic heterocycles. The Hall–Kier alpha value is -1.67. The van der Waals surface area contributed by atoms with Crippen LogP contribution in [0.5, 0.6) is 5.75 Å². The van der Waals surface area contributed by atoms with Gasteiger partial charge in [-0.2, -0.15) is 0 Å². The van der Waals surface area contributed by atoms with Crippen LogP contribution < -0.4 is 15.2 Å². The van der Waals surface area contributed by atoms with Crippen LogP contribution in [0.3, 0.4) is 0 Å². The fraction of sp³-hybridized carbons (Fsp3) is 0.417. The van der Waals surface area contributed by atoms with Crippen LogP contribution in [0, 0.1) is 0 Å². The molecule has 0 aliphatic rings. The summed E-state index contributed by atoms with van der Waals surface area (Å²) in [5.74, 6) is 0.0429. The molecule has 112 valence electrons. The van der Waals surface area contributed by atoms with E-state index in [9.17, 15) is 17.6 Å². The van der Waals surface area contributed by atoms with Gasteiger partial charge in [0, 0.05) is 12.1 Å². The molecule has 3 N–H and O–H groups in total. The van der Waals surface area contributed by atoms with Gasteiger partial charge >= 0.3 is 0 Å². The summed E-state index contributed by atoms with van der Waals surface area (Å²) in [6, 6.07) is 4.03. The third-order valence-corrected chi connectivity index (χ3v) is 3.47. The Balaban J connectivity index is 2.89. The van der Waals surface area contributed by atoms with Crippen molar-refractivity contribution in [1.82, 2.24) is 5.32 Å². The summed E-state index contributed by atoms with van der Waals surface area (Å²) in [6.45, 7) is -0.281. The molecular formula is C12H17FN2O4S. The van der Waals surface area contributed by atoms with Gasteiger partial charge in [-0.1, -0.05) is 0 Å². The van der Waals surface area contributed by atoms with E-state index in [1.54, 1.807) is 0 Å². The molecule has 0 spiro atoms. The number of hydrogen-bond acceptors (Lipinski definition) is 4. The first-order valence-electron chi connectivity index (χ1n) is 5.91. The molecule has 0 aliphatic heterocycles. The summed E-state index contributed by atoms with van der Waals surface area (Å²) >= 11 is 0. The summed E-state index contributed by atoms with van der Waals surface area (Å²) in [5, 5.41) is 7.56. The van der Waals surface area contributed by atoms with Crippen molar-refractivity contribution in [3.05, 3.63) is 23.8 Å². The molecule has 0 heterocycles. The molecule has 0 fully saturated rings. The molecule has 0 saturated heterocycles. The van der Waals surface area contributed by atoms with Crippen LogP contribution in [0.25, 0.3) is 0 Å². The van der Waals surface area contributed by atoms with Crippen LogP contribution >= 0.6 is 0 Å². The molecule has 0 unspecified atom stereocenters. The molecule has 0 bridgehead atoms. The van der Waals surface area contributed by atoms with E-state index in [1.165, 1.54) is 25.3 Å². The van der Waals surface area contributed by atoms with Crippen molar-refractivity contribution in [3.8, 4) is 5.75 Å². The highest BCUT2D eigenvalue weighted by molar-refractivity contribution is 7.89. The van der Waals surface area contributed by atoms with E-state index in [4.69, 9.17) is 9.88 Å². The van der Waals surface area contributed by atoms with E-state index in [0.29, 0.717) is 11.3 Å². The van der Waals surface area contributed by atoms with Crippen LogP contribution in [-0.2, 0) is 21.2 Å². The van der Waals surface area contributed by atoms with Crippen molar-refractivity contribution in [2.45, 2.75) is 17.7 Å². The lowest BCUT2D eigenvalue weighted by molar-refractivity contribution is -0.120. The van der Waals surface area contributed by atoms with E-state index >= 15 is 0 Å². The van der Waals surface area contributed by atoms with Gasteiger partial charge in [0.25, 0.3) is 0 Å². The normalized spacial score (nSPS) is 11.2. The number of nitrogens with one attached hydrogen (secondary N) is 1. The molecule has 1 amide bonds. The SMILES string of the molecule is COc1ccc(S(N)(=O)=O)cc1CC(=O)NCCCF. The number of amides is 1. The zero-order chi connectivity index (χ0) is 15.2. The maximum Gasteiger partial charge on any atom is 0.238 e. The van der Waals surface area contributed by atoms with Gasteiger partial charge in [-0.3, -0.25) is 9.18 Å². The third kappa shape index (κ3) is 4.78. The molecule has 1 aromatic rings. The number of alkyl halides is 1. The third-order valence-electron chi connectivity index (χ3n) is 2.56. The van der Waals surface area contributed by atoms with Crippen LogP contribution in [0.2, 0.25) is 0 Å². The van der Waals surface area contributed by atoms with Crippen LogP contribution in [0.4, 0.5) is 4.39 Å². The van der Waals surface area contributed by atoms with Crippen molar-refractivity contribution in [2.24, 2.45) is 5.14 Å². The van der Waals surface area contributed by atoms with Crippen LogP contribution in [0.15, 0.2) is 23.1 Å². The Kier molecular flexibility index (Phi) is 5.90. The minimum Gasteiger partial charge on any atom is -0.496 e. The topological polar surface area (TPSA) is 98.5 Å². The van der Waals surface area contributed by atoms with E-state index in [2.05, 4.69) is 5.32 Å². The molecule has 0 radical (unpaired) electrons. The van der Waals surface area contributed by atoms with Gasteiger partial charge in [0.1, 0.15) is 5.75 Å². The first kappa shape index (κ1) is 16.4. The highest BCUT2D eigenvalue weighted by Crippen LogP contribution is 2.22. The minimum absolute atomic E-state index is 0.0706. The lowest BCUT2D eigenvalue weighted by Crippen LogP contribution is -2.26. The fourth-order valence-corrected chi connectivity index (χ4v) is 2.16. The Bertz CT molecular complexity index is 575. The van der Waals surface area contributed by atoms with Crippen molar-refractivity contribution >= 4 is 15.9 Å². The van der Waals surface area contributed by atoms with Crippen LogP contribution in [0.1, 0.15) is 12.0 Å². The average Bonchev–Trinajstić information content (AvgIpc) is 2.38. The fourth-order valence-electron chi connectivity index (χ4n) is 1.60. The van der Waals surface area contributed by atoms with Crippen molar-refractivity contribution in [2.75, 3.05) is 20.3 Å². The second-order valence-electron chi connectivity index (χ2n) is 4.09. The Morgan fingerprint density at radius 3 is 2.70 bits per heavy atom. The standard InChI is InChI=1S/C12H17FN2O4S/c1-19-11-4-3-10(20(14,17)18)7-9(11)8-12(16)15-6-2-5-13/h3-4,7H,2,5-6,8H2,1H3,(H,15,16)(H2,14,17,18). The largest absolute Gasteiger partial charge is 0.496 e. The molecule has 0 aliphatic carbocycles. The van der Waals surface area contributed by atoms with E-state index < -0.39 is 16.7 Å². The maximum absolute atomic E-state index is 11.9. The lowest BCUT2D eigenvalue weighted by Gasteiger charge is -2.10. The number of methoxy groups -OCH3 is 1. The average molecular weight is 304 g/mol. The molecule has 0 atom stereocenters. The van der Waals surface area contributed by atoms with E-state index in [-0.39, 0.29) is 30.2 Å². The molecular weight excluding hydrogens is 287 g/mol. The number of nitrogens with two attached hydrogens (primary N) is 1. The molecule has 8 heteroatoms. The minimum atomic E-state index is -3.84. The number of hydrogen-bond donors (Lipinski definition) is 2. The summed E-state index contributed by atoms with van der Waals surface area (Å²) in [6.07, 6.45) is 0.166. The number of carbonyl (C=O) groups excluding carboxylic acids is 1. The summed E-state index contributed by atoms with van der Waals surface area (Å²) in [5.41, 5.74) is 0.400. The maximum atomic E-state index is 11.9. The first-order chi connectivity index (χ1) is 9.38. The van der Waals surface area contributed by atoms with Gasteiger partial charge in [0.15, 0.2) is 0 Å². The van der Waals surface area contributed by atoms with Gasteiger partial charge in [-0.05, 0) is 24.6 Å². The molecule has 20 heavy (non-hydrogen) atoms. The predicted octanol–water partition coefficient (Wildman–Crippen LogP) is 0.361. The summed E-state index contributed by atoms with van der Waals surface area (Å²) in [7, 11) is -2.43. The zero-order valence-corrected chi connectivity index (χ0v) is 11.9. The van der Waals surface area contributed by atoms with Crippen molar-refractivity contribution < 1.29 is 22.3 Å². The number of ether oxygens (including phenoxy) is 1. The number of rotatable bonds is 7. The number of primary sulfonamides is 1. The van der Waals surface area contributed by atoms with Gasteiger partial charge in [0.05, 0.1) is 25.1 Å². The Morgan fingerprint density at radius 2 is 2.15 bits per heavy atom. The summed E-state index contributed by atoms with van der Waals surface area (Å²) < 4.78 is 39.5. The first-order valence-corrected chi connectivity index (χ1v) is 7.45. The van der Waals surface area contributed by atoms with Gasteiger partial charge in [-0.25, -0.2) is 13.6 Å². The molecule has 1 rings (SSSR count). The van der Waals surface area contributed by atoms with E-state index in [0.717, 1.165) is 0 Å². The number of halogens is 1. The highest BCUT2D eigenvalue weighted by atomic mass is 32.2. The highest BCUT2D eigenvalue weighted by Gasteiger charge is 2.14. The predicted molar refractivity (Wildman–Crippen MR) is 71.7 cm³/mol.